The van der Waals surface area contributed by atoms with E-state index in [2.05, 4.69) is 35.2 Å². The summed E-state index contributed by atoms with van der Waals surface area (Å²) in [7, 11) is 0. The first-order valence-electron chi connectivity index (χ1n) is 12.0. The molecule has 1 atom stereocenters. The summed E-state index contributed by atoms with van der Waals surface area (Å²) in [5.41, 5.74) is 4.38. The van der Waals surface area contributed by atoms with Gasteiger partial charge in [-0.1, -0.05) is 30.3 Å². The van der Waals surface area contributed by atoms with Crippen LogP contribution >= 0.6 is 0 Å². The van der Waals surface area contributed by atoms with Crippen molar-refractivity contribution in [3.63, 3.8) is 0 Å². The van der Waals surface area contributed by atoms with Gasteiger partial charge in [-0.25, -0.2) is 9.97 Å². The zero-order chi connectivity index (χ0) is 21.6. The zero-order valence-corrected chi connectivity index (χ0v) is 19.1. The predicted molar refractivity (Wildman–Crippen MR) is 124 cm³/mol. The van der Waals surface area contributed by atoms with Gasteiger partial charge in [-0.3, -0.25) is 4.79 Å². The van der Waals surface area contributed by atoms with Crippen LogP contribution in [0.3, 0.4) is 0 Å². The van der Waals surface area contributed by atoms with Crippen molar-refractivity contribution >= 4 is 5.91 Å². The Morgan fingerprint density at radius 2 is 1.68 bits per heavy atom. The van der Waals surface area contributed by atoms with E-state index in [0.29, 0.717) is 12.3 Å². The molecule has 0 N–H and O–H groups in total. The monoisotopic (exact) mass is 420 g/mol. The number of carbonyl (C=O) groups excluding carboxylic acids is 1. The Morgan fingerprint density at radius 3 is 2.39 bits per heavy atom. The second-order valence-electron chi connectivity index (χ2n) is 9.22. The Morgan fingerprint density at radius 1 is 0.968 bits per heavy atom. The molecule has 1 amide bonds. The normalized spacial score (nSPS) is 20.1. The van der Waals surface area contributed by atoms with Crippen molar-refractivity contribution in [1.82, 2.24) is 19.8 Å². The molecule has 2 aliphatic heterocycles. The van der Waals surface area contributed by atoms with E-state index >= 15 is 0 Å². The fourth-order valence-electron chi connectivity index (χ4n) is 5.01. The first-order valence-corrected chi connectivity index (χ1v) is 12.0. The molecule has 1 unspecified atom stereocenters. The summed E-state index contributed by atoms with van der Waals surface area (Å²) in [5.74, 6) is 1.58. The molecular formula is C26H36N4O. The Labute approximate surface area is 186 Å². The highest BCUT2D eigenvalue weighted by atomic mass is 16.2. The standard InChI is InChI=1S/C26H36N4O/c1-20-24(18-25(31)30-15-7-4-8-16-30)21(2)28-26(27-20)23-12-9-14-29(19-23)17-13-22-10-5-3-6-11-22/h3,5-6,10-11,23H,4,7-9,12-19H2,1-2H3. The highest BCUT2D eigenvalue weighted by Gasteiger charge is 2.25. The average molecular weight is 421 g/mol. The van der Waals surface area contributed by atoms with E-state index in [1.165, 1.54) is 18.4 Å². The first-order chi connectivity index (χ1) is 15.1. The van der Waals surface area contributed by atoms with Crippen molar-refractivity contribution in [2.45, 2.75) is 64.7 Å². The van der Waals surface area contributed by atoms with Gasteiger partial charge >= 0.3 is 0 Å². The third-order valence-electron chi connectivity index (χ3n) is 6.90. The molecule has 31 heavy (non-hydrogen) atoms. The van der Waals surface area contributed by atoms with Crippen LogP contribution in [0.2, 0.25) is 0 Å². The molecule has 0 spiro atoms. The number of likely N-dealkylation sites (tertiary alicyclic amines) is 2. The van der Waals surface area contributed by atoms with Crippen molar-refractivity contribution in [1.29, 1.82) is 0 Å². The van der Waals surface area contributed by atoms with E-state index in [0.717, 1.165) is 81.2 Å². The lowest BCUT2D eigenvalue weighted by atomic mass is 9.96. The number of benzene rings is 1. The van der Waals surface area contributed by atoms with E-state index in [9.17, 15) is 4.79 Å². The number of rotatable bonds is 6. The van der Waals surface area contributed by atoms with Crippen LogP contribution < -0.4 is 0 Å². The van der Waals surface area contributed by atoms with Crippen LogP contribution in [0.25, 0.3) is 0 Å². The number of nitrogens with zero attached hydrogens (tertiary/aromatic N) is 4. The molecule has 5 heteroatoms. The van der Waals surface area contributed by atoms with Crippen LogP contribution in [-0.4, -0.2) is 58.4 Å². The number of amides is 1. The number of aryl methyl sites for hydroxylation is 2. The van der Waals surface area contributed by atoms with E-state index in [1.807, 2.05) is 18.7 Å². The van der Waals surface area contributed by atoms with Gasteiger partial charge in [0.25, 0.3) is 0 Å². The lowest BCUT2D eigenvalue weighted by molar-refractivity contribution is -0.131. The van der Waals surface area contributed by atoms with Crippen molar-refractivity contribution in [3.05, 3.63) is 58.7 Å². The molecule has 166 valence electrons. The molecule has 0 bridgehead atoms. The fourth-order valence-corrected chi connectivity index (χ4v) is 5.01. The molecular weight excluding hydrogens is 384 g/mol. The van der Waals surface area contributed by atoms with Gasteiger partial charge in [0.05, 0.1) is 6.42 Å². The summed E-state index contributed by atoms with van der Waals surface area (Å²) in [6, 6.07) is 10.7. The fraction of sp³-hybridized carbons (Fsp3) is 0.577. The van der Waals surface area contributed by atoms with Gasteiger partial charge in [-0.2, -0.15) is 0 Å². The van der Waals surface area contributed by atoms with Crippen molar-refractivity contribution < 1.29 is 4.79 Å². The molecule has 2 fully saturated rings. The third-order valence-corrected chi connectivity index (χ3v) is 6.90. The summed E-state index contributed by atoms with van der Waals surface area (Å²) >= 11 is 0. The van der Waals surface area contributed by atoms with Crippen LogP contribution in [-0.2, 0) is 17.6 Å². The molecule has 0 aliphatic carbocycles. The Bertz CT molecular complexity index is 853. The predicted octanol–water partition coefficient (Wildman–Crippen LogP) is 4.07. The molecule has 4 rings (SSSR count). The molecule has 2 saturated heterocycles. The number of hydrogen-bond donors (Lipinski definition) is 0. The summed E-state index contributed by atoms with van der Waals surface area (Å²) in [6.45, 7) is 9.16. The van der Waals surface area contributed by atoms with Crippen molar-refractivity contribution in [2.75, 3.05) is 32.7 Å². The maximum Gasteiger partial charge on any atom is 0.227 e. The number of carbonyl (C=O) groups is 1. The minimum atomic E-state index is 0.229. The lowest BCUT2D eigenvalue weighted by Crippen LogP contribution is -2.37. The SMILES string of the molecule is Cc1nc(C2CCCN(CCc3ccccc3)C2)nc(C)c1CC(=O)N1CCCCC1. The van der Waals surface area contributed by atoms with E-state index < -0.39 is 0 Å². The molecule has 3 heterocycles. The maximum atomic E-state index is 12.8. The Kier molecular flexibility index (Phi) is 7.33. The number of piperidine rings is 2. The summed E-state index contributed by atoms with van der Waals surface area (Å²) in [5, 5.41) is 0. The average Bonchev–Trinajstić information content (AvgIpc) is 2.81. The zero-order valence-electron chi connectivity index (χ0n) is 19.1. The highest BCUT2D eigenvalue weighted by molar-refractivity contribution is 5.79. The van der Waals surface area contributed by atoms with Crippen LogP contribution in [0.4, 0.5) is 0 Å². The van der Waals surface area contributed by atoms with Gasteiger partial charge in [0.15, 0.2) is 0 Å². The molecule has 0 radical (unpaired) electrons. The van der Waals surface area contributed by atoms with E-state index in [1.54, 1.807) is 0 Å². The Balaban J connectivity index is 1.39. The van der Waals surface area contributed by atoms with Gasteiger partial charge in [-0.05, 0) is 64.5 Å². The molecule has 2 aromatic rings. The van der Waals surface area contributed by atoms with Crippen LogP contribution in [0.15, 0.2) is 30.3 Å². The van der Waals surface area contributed by atoms with Gasteiger partial charge in [-0.15, -0.1) is 0 Å². The molecule has 2 aliphatic rings. The van der Waals surface area contributed by atoms with Gasteiger partial charge in [0.1, 0.15) is 5.82 Å². The van der Waals surface area contributed by atoms with Crippen LogP contribution in [0.1, 0.15) is 66.4 Å². The minimum absolute atomic E-state index is 0.229. The summed E-state index contributed by atoms with van der Waals surface area (Å²) < 4.78 is 0. The van der Waals surface area contributed by atoms with Crippen molar-refractivity contribution in [3.8, 4) is 0 Å². The third kappa shape index (κ3) is 5.70. The molecule has 1 aromatic carbocycles. The van der Waals surface area contributed by atoms with Gasteiger partial charge < -0.3 is 9.80 Å². The molecule has 1 aromatic heterocycles. The number of hydrogen-bond acceptors (Lipinski definition) is 4. The van der Waals surface area contributed by atoms with Crippen molar-refractivity contribution in [2.24, 2.45) is 0 Å². The summed E-state index contributed by atoms with van der Waals surface area (Å²) in [4.78, 5) is 27.1. The van der Waals surface area contributed by atoms with Crippen LogP contribution in [0.5, 0.6) is 0 Å². The van der Waals surface area contributed by atoms with E-state index in [4.69, 9.17) is 9.97 Å². The number of aromatic nitrogens is 2. The smallest absolute Gasteiger partial charge is 0.227 e. The quantitative estimate of drug-likeness (QED) is 0.707. The van der Waals surface area contributed by atoms with Gasteiger partial charge in [0, 0.05) is 49.0 Å². The first kappa shape index (κ1) is 21.9. The Hall–Kier alpha value is -2.27. The van der Waals surface area contributed by atoms with Crippen LogP contribution in [0, 0.1) is 13.8 Å². The second-order valence-corrected chi connectivity index (χ2v) is 9.22. The van der Waals surface area contributed by atoms with Gasteiger partial charge in [0.2, 0.25) is 5.91 Å². The molecule has 5 nitrogen and oxygen atoms in total. The maximum absolute atomic E-state index is 12.8. The topological polar surface area (TPSA) is 49.3 Å². The largest absolute Gasteiger partial charge is 0.342 e. The highest BCUT2D eigenvalue weighted by Crippen LogP contribution is 2.26. The summed E-state index contributed by atoms with van der Waals surface area (Å²) in [6.07, 6.45) is 7.35. The second kappa shape index (κ2) is 10.4. The molecule has 0 saturated carbocycles. The van der Waals surface area contributed by atoms with E-state index in [-0.39, 0.29) is 5.91 Å². The lowest BCUT2D eigenvalue weighted by Gasteiger charge is -2.32. The minimum Gasteiger partial charge on any atom is -0.342 e.